The third-order valence-electron chi connectivity index (χ3n) is 2.50. The summed E-state index contributed by atoms with van der Waals surface area (Å²) in [6.07, 6.45) is 0. The van der Waals surface area contributed by atoms with Crippen LogP contribution in [0.3, 0.4) is 0 Å². The van der Waals surface area contributed by atoms with Crippen LogP contribution in [0.4, 0.5) is 11.4 Å². The van der Waals surface area contributed by atoms with Gasteiger partial charge in [-0.15, -0.1) is 0 Å². The van der Waals surface area contributed by atoms with Crippen molar-refractivity contribution in [2.75, 3.05) is 5.32 Å². The van der Waals surface area contributed by atoms with Gasteiger partial charge >= 0.3 is 0 Å². The van der Waals surface area contributed by atoms with E-state index >= 15 is 0 Å². The van der Waals surface area contributed by atoms with E-state index in [-0.39, 0.29) is 10.7 Å². The molecule has 2 aromatic rings. The maximum atomic E-state index is 12.0. The van der Waals surface area contributed by atoms with E-state index in [0.717, 1.165) is 0 Å². The summed E-state index contributed by atoms with van der Waals surface area (Å²) in [4.78, 5) is 22.0. The van der Waals surface area contributed by atoms with Gasteiger partial charge in [-0.25, -0.2) is 0 Å². The first kappa shape index (κ1) is 14.3. The van der Waals surface area contributed by atoms with Crippen LogP contribution in [-0.4, -0.2) is 10.8 Å². The van der Waals surface area contributed by atoms with Crippen LogP contribution in [0.15, 0.2) is 42.5 Å². The number of carbonyl (C=O) groups excluding carboxylic acids is 1. The Labute approximate surface area is 124 Å². The number of anilines is 1. The zero-order valence-corrected chi connectivity index (χ0v) is 11.5. The summed E-state index contributed by atoms with van der Waals surface area (Å²) in [6.45, 7) is 0. The Kier molecular flexibility index (Phi) is 4.22. The number of nitrogens with one attached hydrogen (secondary N) is 1. The second kappa shape index (κ2) is 5.90. The highest BCUT2D eigenvalue weighted by Gasteiger charge is 2.12. The molecule has 0 spiro atoms. The standard InChI is InChI=1S/C13H8Cl2N2O3/c14-9-3-1-2-8(6-9)13(18)16-12-5-4-10(17(19)20)7-11(12)15/h1-7H,(H,16,18). The molecular formula is C13H8Cl2N2O3. The Balaban J connectivity index is 2.22. The summed E-state index contributed by atoms with van der Waals surface area (Å²) in [7, 11) is 0. The van der Waals surface area contributed by atoms with Crippen molar-refractivity contribution in [3.8, 4) is 0 Å². The first-order valence-corrected chi connectivity index (χ1v) is 6.24. The maximum Gasteiger partial charge on any atom is 0.271 e. The molecule has 0 heterocycles. The normalized spacial score (nSPS) is 10.1. The highest BCUT2D eigenvalue weighted by atomic mass is 35.5. The van der Waals surface area contributed by atoms with E-state index in [0.29, 0.717) is 16.3 Å². The fourth-order valence-corrected chi connectivity index (χ4v) is 1.96. The average molecular weight is 311 g/mol. The van der Waals surface area contributed by atoms with E-state index in [1.54, 1.807) is 18.2 Å². The smallest absolute Gasteiger partial charge is 0.271 e. The van der Waals surface area contributed by atoms with Crippen molar-refractivity contribution >= 4 is 40.5 Å². The van der Waals surface area contributed by atoms with Crippen LogP contribution in [0.1, 0.15) is 10.4 Å². The molecule has 0 saturated carbocycles. The number of nitro groups is 1. The van der Waals surface area contributed by atoms with E-state index in [4.69, 9.17) is 23.2 Å². The van der Waals surface area contributed by atoms with Crippen LogP contribution in [0.25, 0.3) is 0 Å². The van der Waals surface area contributed by atoms with E-state index in [2.05, 4.69) is 5.32 Å². The Morgan fingerprint density at radius 1 is 1.15 bits per heavy atom. The van der Waals surface area contributed by atoms with E-state index in [1.165, 1.54) is 24.3 Å². The van der Waals surface area contributed by atoms with Crippen molar-refractivity contribution in [2.45, 2.75) is 0 Å². The molecule has 2 rings (SSSR count). The molecule has 0 aromatic heterocycles. The van der Waals surface area contributed by atoms with Crippen LogP contribution >= 0.6 is 23.2 Å². The molecule has 5 nitrogen and oxygen atoms in total. The molecule has 0 radical (unpaired) electrons. The minimum atomic E-state index is -0.561. The minimum Gasteiger partial charge on any atom is -0.321 e. The Morgan fingerprint density at radius 2 is 1.90 bits per heavy atom. The van der Waals surface area contributed by atoms with Crippen LogP contribution in [0, 0.1) is 10.1 Å². The van der Waals surface area contributed by atoms with Gasteiger partial charge in [0.25, 0.3) is 11.6 Å². The van der Waals surface area contributed by atoms with Gasteiger partial charge in [-0.3, -0.25) is 14.9 Å². The Hall–Kier alpha value is -2.11. The summed E-state index contributed by atoms with van der Waals surface area (Å²) in [5.74, 6) is -0.400. The number of amides is 1. The molecule has 0 fully saturated rings. The average Bonchev–Trinajstić information content (AvgIpc) is 2.40. The van der Waals surface area contributed by atoms with Crippen molar-refractivity contribution in [1.82, 2.24) is 0 Å². The number of halogens is 2. The van der Waals surface area contributed by atoms with Gasteiger partial charge in [0.1, 0.15) is 0 Å². The minimum absolute atomic E-state index is 0.0922. The lowest BCUT2D eigenvalue weighted by atomic mass is 10.2. The highest BCUT2D eigenvalue weighted by molar-refractivity contribution is 6.34. The highest BCUT2D eigenvalue weighted by Crippen LogP contribution is 2.27. The molecular weight excluding hydrogens is 303 g/mol. The van der Waals surface area contributed by atoms with Crippen molar-refractivity contribution in [1.29, 1.82) is 0 Å². The molecule has 102 valence electrons. The summed E-state index contributed by atoms with van der Waals surface area (Å²) in [6, 6.07) is 10.2. The monoisotopic (exact) mass is 310 g/mol. The number of rotatable bonds is 3. The Bertz CT molecular complexity index is 689. The quantitative estimate of drug-likeness (QED) is 0.683. The molecule has 0 aliphatic carbocycles. The number of hydrogen-bond acceptors (Lipinski definition) is 3. The molecule has 0 bridgehead atoms. The van der Waals surface area contributed by atoms with E-state index < -0.39 is 10.8 Å². The van der Waals surface area contributed by atoms with Crippen LogP contribution in [0.5, 0.6) is 0 Å². The van der Waals surface area contributed by atoms with Gasteiger partial charge in [0, 0.05) is 22.7 Å². The van der Waals surface area contributed by atoms with Gasteiger partial charge in [0.05, 0.1) is 15.6 Å². The first-order chi connectivity index (χ1) is 9.47. The molecule has 20 heavy (non-hydrogen) atoms. The maximum absolute atomic E-state index is 12.0. The number of benzene rings is 2. The summed E-state index contributed by atoms with van der Waals surface area (Å²) in [5.41, 5.74) is 0.518. The summed E-state index contributed by atoms with van der Waals surface area (Å²) < 4.78 is 0. The van der Waals surface area contributed by atoms with Crippen molar-refractivity contribution in [3.05, 3.63) is 68.2 Å². The molecule has 0 unspecified atom stereocenters. The third kappa shape index (κ3) is 3.26. The van der Waals surface area contributed by atoms with Gasteiger partial charge in [0.2, 0.25) is 0 Å². The van der Waals surface area contributed by atoms with Crippen LogP contribution < -0.4 is 5.32 Å². The third-order valence-corrected chi connectivity index (χ3v) is 3.05. The van der Waals surface area contributed by atoms with E-state index in [1.807, 2.05) is 0 Å². The fourth-order valence-electron chi connectivity index (χ4n) is 1.54. The molecule has 0 aliphatic rings. The second-order valence-electron chi connectivity index (χ2n) is 3.89. The van der Waals surface area contributed by atoms with Crippen LogP contribution in [0.2, 0.25) is 10.0 Å². The lowest BCUT2D eigenvalue weighted by Gasteiger charge is -2.07. The Morgan fingerprint density at radius 3 is 2.50 bits per heavy atom. The molecule has 0 atom stereocenters. The molecule has 7 heteroatoms. The fraction of sp³-hybridized carbons (Fsp3) is 0. The SMILES string of the molecule is O=C(Nc1ccc([N+](=O)[O-])cc1Cl)c1cccc(Cl)c1. The zero-order chi connectivity index (χ0) is 14.7. The van der Waals surface area contributed by atoms with E-state index in [9.17, 15) is 14.9 Å². The van der Waals surface area contributed by atoms with Crippen molar-refractivity contribution in [2.24, 2.45) is 0 Å². The van der Waals surface area contributed by atoms with Crippen LogP contribution in [-0.2, 0) is 0 Å². The van der Waals surface area contributed by atoms with Gasteiger partial charge in [-0.2, -0.15) is 0 Å². The second-order valence-corrected chi connectivity index (χ2v) is 4.73. The lowest BCUT2D eigenvalue weighted by Crippen LogP contribution is -2.12. The lowest BCUT2D eigenvalue weighted by molar-refractivity contribution is -0.384. The van der Waals surface area contributed by atoms with Crippen molar-refractivity contribution < 1.29 is 9.72 Å². The zero-order valence-electron chi connectivity index (χ0n) is 9.97. The predicted molar refractivity (Wildman–Crippen MR) is 77.5 cm³/mol. The number of carbonyl (C=O) groups is 1. The number of nitrogens with zero attached hydrogens (tertiary/aromatic N) is 1. The first-order valence-electron chi connectivity index (χ1n) is 5.48. The molecule has 1 N–H and O–H groups in total. The molecule has 0 saturated heterocycles. The largest absolute Gasteiger partial charge is 0.321 e. The summed E-state index contributed by atoms with van der Waals surface area (Å²) in [5, 5.41) is 13.7. The summed E-state index contributed by atoms with van der Waals surface area (Å²) >= 11 is 11.7. The van der Waals surface area contributed by atoms with Gasteiger partial charge in [-0.05, 0) is 24.3 Å². The van der Waals surface area contributed by atoms with Gasteiger partial charge < -0.3 is 5.32 Å². The topological polar surface area (TPSA) is 72.2 Å². The number of hydrogen-bond donors (Lipinski definition) is 1. The molecule has 0 aliphatic heterocycles. The number of non-ortho nitro benzene ring substituents is 1. The van der Waals surface area contributed by atoms with Gasteiger partial charge in [-0.1, -0.05) is 29.3 Å². The molecule has 1 amide bonds. The van der Waals surface area contributed by atoms with Crippen molar-refractivity contribution in [3.63, 3.8) is 0 Å². The van der Waals surface area contributed by atoms with Gasteiger partial charge in [0.15, 0.2) is 0 Å². The molecule has 2 aromatic carbocycles. The number of nitro benzene ring substituents is 1. The predicted octanol–water partition coefficient (Wildman–Crippen LogP) is 4.15.